The standard InChI is InChI=1S/C13H17F3N2O/c1-3-9(2)8-12(18-17)10-4-6-11(7-5-10)19-13(14,15)16/h4-7,12,18H,2-3,8,17H2,1H3. The van der Waals surface area contributed by atoms with Crippen LogP contribution in [0.3, 0.4) is 0 Å². The van der Waals surface area contributed by atoms with Crippen LogP contribution in [0.5, 0.6) is 5.75 Å². The van der Waals surface area contributed by atoms with Crippen molar-refractivity contribution in [2.75, 3.05) is 0 Å². The topological polar surface area (TPSA) is 47.3 Å². The van der Waals surface area contributed by atoms with Crippen LogP contribution in [0.15, 0.2) is 36.4 Å². The molecule has 1 unspecified atom stereocenters. The molecule has 0 heterocycles. The molecule has 0 bridgehead atoms. The molecule has 0 amide bonds. The molecule has 0 saturated carbocycles. The molecule has 0 spiro atoms. The largest absolute Gasteiger partial charge is 0.573 e. The Morgan fingerprint density at radius 1 is 1.37 bits per heavy atom. The second kappa shape index (κ2) is 6.58. The highest BCUT2D eigenvalue weighted by Crippen LogP contribution is 2.26. The molecule has 0 aliphatic carbocycles. The van der Waals surface area contributed by atoms with Crippen molar-refractivity contribution >= 4 is 0 Å². The van der Waals surface area contributed by atoms with Crippen LogP contribution in [0.25, 0.3) is 0 Å². The zero-order valence-corrected chi connectivity index (χ0v) is 10.6. The van der Waals surface area contributed by atoms with Gasteiger partial charge in [0.25, 0.3) is 0 Å². The fourth-order valence-corrected chi connectivity index (χ4v) is 1.61. The third-order valence-electron chi connectivity index (χ3n) is 2.71. The number of hydrazine groups is 1. The third-order valence-corrected chi connectivity index (χ3v) is 2.71. The first-order valence-electron chi connectivity index (χ1n) is 5.84. The van der Waals surface area contributed by atoms with Crippen molar-refractivity contribution < 1.29 is 17.9 Å². The third kappa shape index (κ3) is 5.32. The first-order chi connectivity index (χ1) is 8.85. The van der Waals surface area contributed by atoms with Gasteiger partial charge in [0, 0.05) is 6.04 Å². The van der Waals surface area contributed by atoms with Crippen LogP contribution < -0.4 is 16.0 Å². The van der Waals surface area contributed by atoms with Gasteiger partial charge in [-0.1, -0.05) is 31.2 Å². The van der Waals surface area contributed by atoms with Crippen molar-refractivity contribution in [1.82, 2.24) is 5.43 Å². The predicted octanol–water partition coefficient (Wildman–Crippen LogP) is 3.45. The maximum atomic E-state index is 12.0. The minimum Gasteiger partial charge on any atom is -0.406 e. The summed E-state index contributed by atoms with van der Waals surface area (Å²) in [6, 6.07) is 5.46. The van der Waals surface area contributed by atoms with Gasteiger partial charge >= 0.3 is 6.36 Å². The van der Waals surface area contributed by atoms with Crippen molar-refractivity contribution in [2.24, 2.45) is 5.84 Å². The molecule has 1 rings (SSSR count). The predicted molar refractivity (Wildman–Crippen MR) is 67.2 cm³/mol. The van der Waals surface area contributed by atoms with E-state index in [-0.39, 0.29) is 11.8 Å². The minimum atomic E-state index is -4.68. The SMILES string of the molecule is C=C(CC)CC(NN)c1ccc(OC(F)(F)F)cc1. The lowest BCUT2D eigenvalue weighted by atomic mass is 9.99. The highest BCUT2D eigenvalue weighted by molar-refractivity contribution is 5.30. The van der Waals surface area contributed by atoms with Gasteiger partial charge in [0.2, 0.25) is 0 Å². The highest BCUT2D eigenvalue weighted by atomic mass is 19.4. The molecule has 3 nitrogen and oxygen atoms in total. The van der Waals surface area contributed by atoms with Gasteiger partial charge < -0.3 is 4.74 Å². The van der Waals surface area contributed by atoms with E-state index in [2.05, 4.69) is 16.7 Å². The second-order valence-corrected chi connectivity index (χ2v) is 4.14. The van der Waals surface area contributed by atoms with Gasteiger partial charge in [0.15, 0.2) is 0 Å². The Morgan fingerprint density at radius 3 is 2.37 bits per heavy atom. The van der Waals surface area contributed by atoms with E-state index >= 15 is 0 Å². The lowest BCUT2D eigenvalue weighted by molar-refractivity contribution is -0.274. The summed E-state index contributed by atoms with van der Waals surface area (Å²) in [4.78, 5) is 0. The summed E-state index contributed by atoms with van der Waals surface area (Å²) in [6.45, 7) is 5.87. The molecule has 0 fully saturated rings. The molecule has 0 saturated heterocycles. The first kappa shape index (κ1) is 15.5. The number of nitrogens with one attached hydrogen (secondary N) is 1. The lowest BCUT2D eigenvalue weighted by Gasteiger charge is -2.18. The Hall–Kier alpha value is -1.53. The van der Waals surface area contributed by atoms with E-state index in [0.29, 0.717) is 6.42 Å². The molecule has 0 aliphatic rings. The number of halogens is 3. The number of hydrogen-bond acceptors (Lipinski definition) is 3. The van der Waals surface area contributed by atoms with Crippen LogP contribution in [-0.2, 0) is 0 Å². The molecule has 106 valence electrons. The molecule has 6 heteroatoms. The highest BCUT2D eigenvalue weighted by Gasteiger charge is 2.31. The van der Waals surface area contributed by atoms with Gasteiger partial charge in [-0.05, 0) is 30.5 Å². The van der Waals surface area contributed by atoms with E-state index in [9.17, 15) is 13.2 Å². The number of nitrogens with two attached hydrogens (primary N) is 1. The van der Waals surface area contributed by atoms with Crippen LogP contribution in [0, 0.1) is 0 Å². The molecule has 0 aromatic heterocycles. The normalized spacial score (nSPS) is 13.1. The zero-order valence-electron chi connectivity index (χ0n) is 10.6. The summed E-state index contributed by atoms with van der Waals surface area (Å²) >= 11 is 0. The van der Waals surface area contributed by atoms with Crippen molar-refractivity contribution in [3.8, 4) is 5.75 Å². The number of benzene rings is 1. The number of ether oxygens (including phenoxy) is 1. The van der Waals surface area contributed by atoms with Gasteiger partial charge in [-0.3, -0.25) is 11.3 Å². The van der Waals surface area contributed by atoms with Crippen molar-refractivity contribution in [3.63, 3.8) is 0 Å². The van der Waals surface area contributed by atoms with E-state index in [1.807, 2.05) is 6.92 Å². The van der Waals surface area contributed by atoms with Gasteiger partial charge in [-0.2, -0.15) is 0 Å². The fraction of sp³-hybridized carbons (Fsp3) is 0.385. The van der Waals surface area contributed by atoms with Crippen LogP contribution >= 0.6 is 0 Å². The van der Waals surface area contributed by atoms with E-state index in [1.54, 1.807) is 12.1 Å². The average molecular weight is 274 g/mol. The number of rotatable bonds is 6. The Bertz CT molecular complexity index is 415. The van der Waals surface area contributed by atoms with Crippen LogP contribution in [0.2, 0.25) is 0 Å². The van der Waals surface area contributed by atoms with Crippen molar-refractivity contribution in [2.45, 2.75) is 32.2 Å². The Kier molecular flexibility index (Phi) is 5.38. The fourth-order valence-electron chi connectivity index (χ4n) is 1.61. The molecule has 1 aromatic carbocycles. The number of alkyl halides is 3. The summed E-state index contributed by atoms with van der Waals surface area (Å²) in [7, 11) is 0. The maximum Gasteiger partial charge on any atom is 0.573 e. The van der Waals surface area contributed by atoms with Gasteiger partial charge in [0.1, 0.15) is 5.75 Å². The summed E-state index contributed by atoms with van der Waals surface area (Å²) in [5, 5.41) is 0. The minimum absolute atomic E-state index is 0.174. The second-order valence-electron chi connectivity index (χ2n) is 4.14. The summed E-state index contributed by atoms with van der Waals surface area (Å²) in [5.41, 5.74) is 4.42. The van der Waals surface area contributed by atoms with Crippen LogP contribution in [-0.4, -0.2) is 6.36 Å². The van der Waals surface area contributed by atoms with Gasteiger partial charge in [0.05, 0.1) is 0 Å². The first-order valence-corrected chi connectivity index (χ1v) is 5.84. The van der Waals surface area contributed by atoms with E-state index in [0.717, 1.165) is 17.6 Å². The average Bonchev–Trinajstić information content (AvgIpc) is 2.35. The lowest BCUT2D eigenvalue weighted by Crippen LogP contribution is -2.28. The van der Waals surface area contributed by atoms with Gasteiger partial charge in [-0.25, -0.2) is 0 Å². The Labute approximate surface area is 110 Å². The quantitative estimate of drug-likeness (QED) is 0.474. The van der Waals surface area contributed by atoms with Crippen molar-refractivity contribution in [1.29, 1.82) is 0 Å². The smallest absolute Gasteiger partial charge is 0.406 e. The molecule has 3 N–H and O–H groups in total. The molecule has 0 aliphatic heterocycles. The molecular formula is C13H17F3N2O. The van der Waals surface area contributed by atoms with E-state index < -0.39 is 6.36 Å². The Morgan fingerprint density at radius 2 is 1.95 bits per heavy atom. The van der Waals surface area contributed by atoms with E-state index in [1.165, 1.54) is 12.1 Å². The molecule has 19 heavy (non-hydrogen) atoms. The summed E-state index contributed by atoms with van der Waals surface area (Å²) in [6.07, 6.45) is -3.22. The van der Waals surface area contributed by atoms with Crippen LogP contribution in [0.1, 0.15) is 31.4 Å². The summed E-state index contributed by atoms with van der Waals surface area (Å²) in [5.74, 6) is 5.20. The number of hydrogen-bond donors (Lipinski definition) is 2. The molecule has 0 radical (unpaired) electrons. The van der Waals surface area contributed by atoms with Crippen LogP contribution in [0.4, 0.5) is 13.2 Å². The zero-order chi connectivity index (χ0) is 14.5. The van der Waals surface area contributed by atoms with Crippen molar-refractivity contribution in [3.05, 3.63) is 42.0 Å². The molecular weight excluding hydrogens is 257 g/mol. The monoisotopic (exact) mass is 274 g/mol. The Balaban J connectivity index is 2.76. The van der Waals surface area contributed by atoms with E-state index in [4.69, 9.17) is 5.84 Å². The summed E-state index contributed by atoms with van der Waals surface area (Å²) < 4.78 is 39.9. The maximum absolute atomic E-state index is 12.0. The molecule has 1 aromatic rings. The van der Waals surface area contributed by atoms with Gasteiger partial charge in [-0.15, -0.1) is 13.2 Å². The molecule has 1 atom stereocenters.